The standard InChI is InChI=1S/C25H27F3N4S/c1-15(2)14-31-23(22(30-24(31)33)21-10-5-6-11-29-21)20-12-16(3)32(17(20)4)19-9-7-8-18(13-19)25(26,27)28/h5-13,15,22-23H,14H2,1-4H3,(H,30,33)/t22-,23+/m1/s1. The van der Waals surface area contributed by atoms with Crippen LogP contribution in [0.1, 0.15) is 54.1 Å². The van der Waals surface area contributed by atoms with Gasteiger partial charge in [-0.15, -0.1) is 0 Å². The number of aryl methyl sites for hydroxylation is 1. The molecule has 0 bridgehead atoms. The lowest BCUT2D eigenvalue weighted by molar-refractivity contribution is -0.137. The van der Waals surface area contributed by atoms with Gasteiger partial charge in [0.1, 0.15) is 0 Å². The normalized spacial score (nSPS) is 18.8. The van der Waals surface area contributed by atoms with Crippen LogP contribution in [0.25, 0.3) is 5.69 Å². The van der Waals surface area contributed by atoms with Crippen LogP contribution in [0.3, 0.4) is 0 Å². The summed E-state index contributed by atoms with van der Waals surface area (Å²) in [5.74, 6) is 0.377. The van der Waals surface area contributed by atoms with E-state index in [1.807, 2.05) is 36.6 Å². The zero-order valence-electron chi connectivity index (χ0n) is 19.0. The number of nitrogens with zero attached hydrogens (tertiary/aromatic N) is 3. The Labute approximate surface area is 197 Å². The molecule has 0 saturated carbocycles. The maximum atomic E-state index is 13.3. The Morgan fingerprint density at radius 1 is 1.09 bits per heavy atom. The summed E-state index contributed by atoms with van der Waals surface area (Å²) in [6, 6.07) is 13.0. The smallest absolute Gasteiger partial charge is 0.352 e. The molecule has 1 saturated heterocycles. The molecule has 1 aliphatic heterocycles. The Hall–Kier alpha value is -2.87. The Morgan fingerprint density at radius 2 is 1.85 bits per heavy atom. The second-order valence-electron chi connectivity index (χ2n) is 8.88. The van der Waals surface area contributed by atoms with Gasteiger partial charge in [-0.05, 0) is 73.9 Å². The molecule has 0 radical (unpaired) electrons. The molecule has 1 aliphatic rings. The third-order valence-corrected chi connectivity index (χ3v) is 6.33. The molecule has 0 amide bonds. The fourth-order valence-corrected chi connectivity index (χ4v) is 4.95. The summed E-state index contributed by atoms with van der Waals surface area (Å²) in [6.45, 7) is 8.90. The first-order valence-electron chi connectivity index (χ1n) is 10.9. The molecule has 4 nitrogen and oxygen atoms in total. The summed E-state index contributed by atoms with van der Waals surface area (Å²) in [5, 5.41) is 4.10. The van der Waals surface area contributed by atoms with E-state index in [0.29, 0.717) is 16.7 Å². The van der Waals surface area contributed by atoms with Crippen molar-refractivity contribution in [3.63, 3.8) is 0 Å². The van der Waals surface area contributed by atoms with E-state index < -0.39 is 11.7 Å². The molecular weight excluding hydrogens is 445 g/mol. The van der Waals surface area contributed by atoms with Crippen LogP contribution in [0, 0.1) is 19.8 Å². The van der Waals surface area contributed by atoms with Crippen molar-refractivity contribution in [3.05, 3.63) is 82.9 Å². The number of rotatable bonds is 5. The quantitative estimate of drug-likeness (QED) is 0.453. The fourth-order valence-electron chi connectivity index (χ4n) is 4.64. The first kappa shape index (κ1) is 23.3. The molecule has 2 atom stereocenters. The average Bonchev–Trinajstić information content (AvgIpc) is 3.23. The maximum absolute atomic E-state index is 13.3. The van der Waals surface area contributed by atoms with E-state index in [-0.39, 0.29) is 12.1 Å². The van der Waals surface area contributed by atoms with Crippen molar-refractivity contribution in [2.24, 2.45) is 5.92 Å². The van der Waals surface area contributed by atoms with Crippen LogP contribution in [-0.2, 0) is 6.18 Å². The molecule has 0 aliphatic carbocycles. The molecule has 3 aromatic rings. The molecule has 174 valence electrons. The highest BCUT2D eigenvalue weighted by atomic mass is 32.1. The lowest BCUT2D eigenvalue weighted by Crippen LogP contribution is -2.33. The van der Waals surface area contributed by atoms with Crippen LogP contribution in [0.5, 0.6) is 0 Å². The van der Waals surface area contributed by atoms with E-state index in [0.717, 1.165) is 35.3 Å². The van der Waals surface area contributed by atoms with Crippen molar-refractivity contribution in [2.75, 3.05) is 6.54 Å². The van der Waals surface area contributed by atoms with E-state index in [1.165, 1.54) is 12.1 Å². The first-order chi connectivity index (χ1) is 15.6. The molecule has 1 aromatic carbocycles. The zero-order chi connectivity index (χ0) is 23.9. The molecule has 3 heterocycles. The topological polar surface area (TPSA) is 33.1 Å². The van der Waals surface area contributed by atoms with Crippen molar-refractivity contribution in [2.45, 2.75) is 46.0 Å². The van der Waals surface area contributed by atoms with Crippen LogP contribution < -0.4 is 5.32 Å². The number of hydrogen-bond acceptors (Lipinski definition) is 2. The second kappa shape index (κ2) is 8.82. The summed E-state index contributed by atoms with van der Waals surface area (Å²) < 4.78 is 41.9. The number of benzene rings is 1. The molecule has 8 heteroatoms. The summed E-state index contributed by atoms with van der Waals surface area (Å²) in [4.78, 5) is 6.74. The van der Waals surface area contributed by atoms with E-state index >= 15 is 0 Å². The van der Waals surface area contributed by atoms with E-state index in [1.54, 1.807) is 12.3 Å². The van der Waals surface area contributed by atoms with E-state index in [9.17, 15) is 13.2 Å². The minimum absolute atomic E-state index is 0.124. The third-order valence-electron chi connectivity index (χ3n) is 5.98. The van der Waals surface area contributed by atoms with Gasteiger partial charge in [0.15, 0.2) is 5.11 Å². The maximum Gasteiger partial charge on any atom is 0.416 e. The summed E-state index contributed by atoms with van der Waals surface area (Å²) in [5.41, 5.74) is 3.48. The van der Waals surface area contributed by atoms with E-state index in [2.05, 4.69) is 35.1 Å². The van der Waals surface area contributed by atoms with Gasteiger partial charge < -0.3 is 14.8 Å². The lowest BCUT2D eigenvalue weighted by Gasteiger charge is -2.29. The largest absolute Gasteiger partial charge is 0.416 e. The average molecular weight is 473 g/mol. The molecule has 33 heavy (non-hydrogen) atoms. The number of nitrogens with one attached hydrogen (secondary N) is 1. The molecule has 0 spiro atoms. The number of hydrogen-bond donors (Lipinski definition) is 1. The van der Waals surface area contributed by atoms with Crippen LogP contribution in [0.4, 0.5) is 13.2 Å². The Morgan fingerprint density at radius 3 is 2.48 bits per heavy atom. The zero-order valence-corrected chi connectivity index (χ0v) is 19.8. The Kier molecular flexibility index (Phi) is 6.22. The third kappa shape index (κ3) is 4.49. The lowest BCUT2D eigenvalue weighted by atomic mass is 9.96. The molecule has 4 rings (SSSR count). The fraction of sp³-hybridized carbons (Fsp3) is 0.360. The molecule has 1 fully saturated rings. The van der Waals surface area contributed by atoms with Gasteiger partial charge in [-0.1, -0.05) is 26.0 Å². The number of aromatic nitrogens is 2. The van der Waals surface area contributed by atoms with Crippen molar-refractivity contribution in [1.29, 1.82) is 0 Å². The molecule has 1 N–H and O–H groups in total. The van der Waals surface area contributed by atoms with E-state index in [4.69, 9.17) is 12.2 Å². The number of thiocarbonyl (C=S) groups is 1. The first-order valence-corrected chi connectivity index (χ1v) is 11.3. The molecule has 2 aromatic heterocycles. The van der Waals surface area contributed by atoms with Gasteiger partial charge in [0.2, 0.25) is 0 Å². The van der Waals surface area contributed by atoms with Crippen molar-refractivity contribution in [1.82, 2.24) is 19.8 Å². The van der Waals surface area contributed by atoms with Crippen molar-refractivity contribution >= 4 is 17.3 Å². The summed E-state index contributed by atoms with van der Waals surface area (Å²) in [7, 11) is 0. The highest BCUT2D eigenvalue weighted by molar-refractivity contribution is 7.80. The SMILES string of the molecule is Cc1cc([C@H]2[C@@H](c3ccccn3)NC(=S)N2CC(C)C)c(C)n1-c1cccc(C(F)(F)F)c1. The Balaban J connectivity index is 1.83. The highest BCUT2D eigenvalue weighted by Crippen LogP contribution is 2.42. The van der Waals surface area contributed by atoms with Gasteiger partial charge in [0.25, 0.3) is 0 Å². The van der Waals surface area contributed by atoms with Gasteiger partial charge in [-0.25, -0.2) is 0 Å². The number of halogens is 3. The second-order valence-corrected chi connectivity index (χ2v) is 9.27. The van der Waals surface area contributed by atoms with Gasteiger partial charge in [0.05, 0.1) is 23.3 Å². The van der Waals surface area contributed by atoms with Gasteiger partial charge in [-0.3, -0.25) is 4.98 Å². The van der Waals surface area contributed by atoms with Crippen molar-refractivity contribution < 1.29 is 13.2 Å². The summed E-state index contributed by atoms with van der Waals surface area (Å²) >= 11 is 5.70. The van der Waals surface area contributed by atoms with Crippen molar-refractivity contribution in [3.8, 4) is 5.69 Å². The van der Waals surface area contributed by atoms with Gasteiger partial charge in [-0.2, -0.15) is 13.2 Å². The summed E-state index contributed by atoms with van der Waals surface area (Å²) in [6.07, 6.45) is -2.64. The highest BCUT2D eigenvalue weighted by Gasteiger charge is 2.41. The number of pyridine rings is 1. The van der Waals surface area contributed by atoms with Crippen LogP contribution >= 0.6 is 12.2 Å². The predicted octanol–water partition coefficient (Wildman–Crippen LogP) is 6.14. The van der Waals surface area contributed by atoms with Crippen LogP contribution in [0.2, 0.25) is 0 Å². The Bertz CT molecular complexity index is 1150. The van der Waals surface area contributed by atoms with Crippen LogP contribution in [0.15, 0.2) is 54.7 Å². The monoisotopic (exact) mass is 472 g/mol. The molecule has 0 unspecified atom stereocenters. The van der Waals surface area contributed by atoms with Gasteiger partial charge in [0, 0.05) is 29.8 Å². The molecular formula is C25H27F3N4S. The minimum Gasteiger partial charge on any atom is -0.352 e. The minimum atomic E-state index is -4.40. The number of alkyl halides is 3. The van der Waals surface area contributed by atoms with Gasteiger partial charge >= 0.3 is 6.18 Å². The predicted molar refractivity (Wildman–Crippen MR) is 127 cm³/mol. The van der Waals surface area contributed by atoms with Crippen LogP contribution in [-0.4, -0.2) is 26.1 Å².